The Morgan fingerprint density at radius 3 is 2.32 bits per heavy atom. The van der Waals surface area contributed by atoms with Crippen LogP contribution in [0.25, 0.3) is 0 Å². The minimum Gasteiger partial charge on any atom is -0.444 e. The van der Waals surface area contributed by atoms with Gasteiger partial charge in [-0.2, -0.15) is 0 Å². The summed E-state index contributed by atoms with van der Waals surface area (Å²) in [5, 5.41) is 2.69. The van der Waals surface area contributed by atoms with Gasteiger partial charge in [0.15, 0.2) is 0 Å². The molecule has 2 saturated heterocycles. The average Bonchev–Trinajstić information content (AvgIpc) is 3.01. The first-order valence-corrected chi connectivity index (χ1v) is 8.91. The molecule has 142 valence electrons. The lowest BCUT2D eigenvalue weighted by molar-refractivity contribution is -0.135. The van der Waals surface area contributed by atoms with Gasteiger partial charge in [-0.1, -0.05) is 0 Å². The van der Waals surface area contributed by atoms with E-state index in [0.717, 1.165) is 19.5 Å². The van der Waals surface area contributed by atoms with Crippen molar-refractivity contribution in [2.45, 2.75) is 45.3 Å². The molecule has 0 aliphatic carbocycles. The Morgan fingerprint density at radius 2 is 1.72 bits per heavy atom. The van der Waals surface area contributed by atoms with Gasteiger partial charge < -0.3 is 19.9 Å². The summed E-state index contributed by atoms with van der Waals surface area (Å²) in [6.45, 7) is 8.90. The van der Waals surface area contributed by atoms with E-state index in [1.54, 1.807) is 25.7 Å². The Bertz CT molecular complexity index is 509. The number of likely N-dealkylation sites (tertiary alicyclic amines) is 1. The van der Waals surface area contributed by atoms with Crippen LogP contribution in [-0.4, -0.2) is 90.6 Å². The van der Waals surface area contributed by atoms with Gasteiger partial charge in [0.05, 0.1) is 6.54 Å². The molecule has 2 rings (SSSR count). The molecule has 0 saturated carbocycles. The van der Waals surface area contributed by atoms with Crippen LogP contribution in [0.1, 0.15) is 33.6 Å². The molecule has 3 amide bonds. The Morgan fingerprint density at radius 1 is 1.08 bits per heavy atom. The highest BCUT2D eigenvalue weighted by Gasteiger charge is 2.36. The molecule has 0 spiro atoms. The van der Waals surface area contributed by atoms with Crippen LogP contribution in [0.5, 0.6) is 0 Å². The van der Waals surface area contributed by atoms with Crippen molar-refractivity contribution in [1.29, 1.82) is 0 Å². The molecule has 2 fully saturated rings. The van der Waals surface area contributed by atoms with Crippen molar-refractivity contribution in [1.82, 2.24) is 20.0 Å². The summed E-state index contributed by atoms with van der Waals surface area (Å²) < 4.78 is 5.36. The molecule has 0 bridgehead atoms. The van der Waals surface area contributed by atoms with Crippen LogP contribution in [-0.2, 0) is 14.3 Å². The van der Waals surface area contributed by atoms with Crippen molar-refractivity contribution >= 4 is 17.9 Å². The topological polar surface area (TPSA) is 82.2 Å². The number of carbonyl (C=O) groups is 3. The first-order valence-electron chi connectivity index (χ1n) is 8.91. The maximum absolute atomic E-state index is 12.4. The number of piperazine rings is 1. The van der Waals surface area contributed by atoms with E-state index in [-0.39, 0.29) is 18.4 Å². The summed E-state index contributed by atoms with van der Waals surface area (Å²) in [6.07, 6.45) is 0.868. The molecule has 1 atom stereocenters. The third-order valence-corrected chi connectivity index (χ3v) is 4.45. The Kier molecular flexibility index (Phi) is 6.26. The van der Waals surface area contributed by atoms with Crippen LogP contribution in [0.2, 0.25) is 0 Å². The number of carbonyl (C=O) groups excluding carboxylic acids is 3. The number of likely N-dealkylation sites (N-methyl/N-ethyl adjacent to an activating group) is 1. The van der Waals surface area contributed by atoms with E-state index in [1.807, 2.05) is 7.05 Å². The summed E-state index contributed by atoms with van der Waals surface area (Å²) in [5.74, 6) is -0.367. The summed E-state index contributed by atoms with van der Waals surface area (Å²) in [5.41, 5.74) is -0.599. The molecule has 8 heteroatoms. The smallest absolute Gasteiger partial charge is 0.410 e. The normalized spacial score (nSPS) is 22.0. The predicted molar refractivity (Wildman–Crippen MR) is 93.0 cm³/mol. The van der Waals surface area contributed by atoms with E-state index < -0.39 is 17.7 Å². The SMILES string of the molecule is CN1CCN(C(=O)CNC(=O)C2CCCN2C(=O)OC(C)(C)C)CC1. The molecule has 0 aromatic rings. The molecule has 2 aliphatic heterocycles. The fraction of sp³-hybridized carbons (Fsp3) is 0.824. The first-order chi connectivity index (χ1) is 11.7. The molecular formula is C17H30N4O4. The van der Waals surface area contributed by atoms with Gasteiger partial charge in [-0.05, 0) is 40.7 Å². The highest BCUT2D eigenvalue weighted by atomic mass is 16.6. The second-order valence-electron chi connectivity index (χ2n) is 7.73. The molecule has 1 N–H and O–H groups in total. The Balaban J connectivity index is 1.83. The van der Waals surface area contributed by atoms with E-state index >= 15 is 0 Å². The van der Waals surface area contributed by atoms with Crippen LogP contribution in [0.15, 0.2) is 0 Å². The molecule has 1 unspecified atom stereocenters. The van der Waals surface area contributed by atoms with Crippen molar-refractivity contribution in [3.8, 4) is 0 Å². The molecule has 0 aromatic heterocycles. The van der Waals surface area contributed by atoms with Crippen LogP contribution in [0, 0.1) is 0 Å². The van der Waals surface area contributed by atoms with Crippen molar-refractivity contribution in [3.63, 3.8) is 0 Å². The van der Waals surface area contributed by atoms with Gasteiger partial charge in [0, 0.05) is 32.7 Å². The molecule has 0 radical (unpaired) electrons. The fourth-order valence-corrected chi connectivity index (χ4v) is 3.03. The lowest BCUT2D eigenvalue weighted by Crippen LogP contribution is -2.52. The molecule has 0 aromatic carbocycles. The van der Waals surface area contributed by atoms with Crippen molar-refractivity contribution in [2.75, 3.05) is 46.3 Å². The highest BCUT2D eigenvalue weighted by molar-refractivity contribution is 5.89. The molecule has 8 nitrogen and oxygen atoms in total. The molecular weight excluding hydrogens is 324 g/mol. The maximum atomic E-state index is 12.4. The zero-order valence-electron chi connectivity index (χ0n) is 15.7. The Hall–Kier alpha value is -1.83. The second kappa shape index (κ2) is 8.03. The van der Waals surface area contributed by atoms with E-state index in [0.29, 0.717) is 26.1 Å². The first kappa shape index (κ1) is 19.5. The Labute approximate surface area is 149 Å². The third-order valence-electron chi connectivity index (χ3n) is 4.45. The third kappa shape index (κ3) is 5.59. The summed E-state index contributed by atoms with van der Waals surface area (Å²) in [6, 6.07) is -0.560. The van der Waals surface area contributed by atoms with Gasteiger partial charge in [-0.25, -0.2) is 4.79 Å². The predicted octanol–water partition coefficient (Wildman–Crippen LogP) is 0.276. The standard InChI is InChI=1S/C17H30N4O4/c1-17(2,3)25-16(24)21-7-5-6-13(21)15(23)18-12-14(22)20-10-8-19(4)9-11-20/h13H,5-12H2,1-4H3,(H,18,23). The van der Waals surface area contributed by atoms with Crippen LogP contribution in [0.4, 0.5) is 4.79 Å². The monoisotopic (exact) mass is 354 g/mol. The number of hydrogen-bond acceptors (Lipinski definition) is 5. The number of nitrogens with zero attached hydrogens (tertiary/aromatic N) is 3. The number of ether oxygens (including phenoxy) is 1. The maximum Gasteiger partial charge on any atom is 0.410 e. The molecule has 25 heavy (non-hydrogen) atoms. The van der Waals surface area contributed by atoms with Gasteiger partial charge in [0.2, 0.25) is 11.8 Å². The van der Waals surface area contributed by atoms with E-state index in [2.05, 4.69) is 10.2 Å². The van der Waals surface area contributed by atoms with Crippen molar-refractivity contribution in [2.24, 2.45) is 0 Å². The minimum absolute atomic E-state index is 0.0266. The lowest BCUT2D eigenvalue weighted by Gasteiger charge is -2.32. The zero-order chi connectivity index (χ0) is 18.6. The van der Waals surface area contributed by atoms with Gasteiger partial charge in [-0.15, -0.1) is 0 Å². The second-order valence-corrected chi connectivity index (χ2v) is 7.73. The van der Waals surface area contributed by atoms with Gasteiger partial charge in [0.25, 0.3) is 0 Å². The lowest BCUT2D eigenvalue weighted by atomic mass is 10.2. The highest BCUT2D eigenvalue weighted by Crippen LogP contribution is 2.20. The fourth-order valence-electron chi connectivity index (χ4n) is 3.03. The average molecular weight is 354 g/mol. The van der Waals surface area contributed by atoms with E-state index in [9.17, 15) is 14.4 Å². The number of hydrogen-bond donors (Lipinski definition) is 1. The number of rotatable bonds is 3. The number of amides is 3. The zero-order valence-corrected chi connectivity index (χ0v) is 15.7. The summed E-state index contributed by atoms with van der Waals surface area (Å²) >= 11 is 0. The van der Waals surface area contributed by atoms with Crippen molar-refractivity contribution in [3.05, 3.63) is 0 Å². The number of nitrogens with one attached hydrogen (secondary N) is 1. The molecule has 2 aliphatic rings. The minimum atomic E-state index is -0.599. The summed E-state index contributed by atoms with van der Waals surface area (Å²) in [7, 11) is 2.02. The van der Waals surface area contributed by atoms with Gasteiger partial charge >= 0.3 is 6.09 Å². The summed E-state index contributed by atoms with van der Waals surface area (Å²) in [4.78, 5) is 42.3. The van der Waals surface area contributed by atoms with Crippen LogP contribution in [0.3, 0.4) is 0 Å². The largest absolute Gasteiger partial charge is 0.444 e. The van der Waals surface area contributed by atoms with Crippen LogP contribution < -0.4 is 5.32 Å². The quantitative estimate of drug-likeness (QED) is 0.787. The van der Waals surface area contributed by atoms with Crippen molar-refractivity contribution < 1.29 is 19.1 Å². The van der Waals surface area contributed by atoms with Gasteiger partial charge in [0.1, 0.15) is 11.6 Å². The van der Waals surface area contributed by atoms with E-state index in [1.165, 1.54) is 4.90 Å². The van der Waals surface area contributed by atoms with E-state index in [4.69, 9.17) is 4.74 Å². The van der Waals surface area contributed by atoms with Gasteiger partial charge in [-0.3, -0.25) is 14.5 Å². The van der Waals surface area contributed by atoms with Crippen LogP contribution >= 0.6 is 0 Å². The molecule has 2 heterocycles.